The molecule has 0 bridgehead atoms. The van der Waals surface area contributed by atoms with Crippen LogP contribution in [-0.4, -0.2) is 40.2 Å². The van der Waals surface area contributed by atoms with Gasteiger partial charge in [0.25, 0.3) is 0 Å². The van der Waals surface area contributed by atoms with E-state index >= 15 is 0 Å². The fraction of sp³-hybridized carbons (Fsp3) is 0.182. The molecule has 10 heteroatoms. The number of nitrogens with two attached hydrogens (primary N) is 2. The second-order valence-electron chi connectivity index (χ2n) is 7.10. The number of pyridine rings is 2. The van der Waals surface area contributed by atoms with Gasteiger partial charge >= 0.3 is 0 Å². The number of ether oxygens (including phenoxy) is 1. The molecule has 0 saturated heterocycles. The highest BCUT2D eigenvalue weighted by atomic mass is 16.5. The Labute approximate surface area is 185 Å². The van der Waals surface area contributed by atoms with Crippen LogP contribution in [0.1, 0.15) is 5.56 Å². The Morgan fingerprint density at radius 3 is 2.81 bits per heavy atom. The van der Waals surface area contributed by atoms with E-state index in [1.54, 1.807) is 25.7 Å². The number of fused-ring (bicyclic) bond motifs is 1. The molecule has 3 heterocycles. The van der Waals surface area contributed by atoms with Gasteiger partial charge in [-0.15, -0.1) is 0 Å². The molecule has 3 aromatic heterocycles. The van der Waals surface area contributed by atoms with E-state index in [0.29, 0.717) is 37.1 Å². The number of nitrogens with one attached hydrogen (secondary N) is 2. The molecule has 10 nitrogen and oxygen atoms in total. The Morgan fingerprint density at radius 1 is 1.03 bits per heavy atom. The Bertz CT molecular complexity index is 1200. The highest BCUT2D eigenvalue weighted by Gasteiger charge is 2.12. The van der Waals surface area contributed by atoms with Crippen molar-refractivity contribution in [2.75, 3.05) is 41.6 Å². The molecule has 4 rings (SSSR count). The van der Waals surface area contributed by atoms with Crippen LogP contribution >= 0.6 is 0 Å². The van der Waals surface area contributed by atoms with Crippen LogP contribution in [0.3, 0.4) is 0 Å². The first kappa shape index (κ1) is 21.2. The van der Waals surface area contributed by atoms with Gasteiger partial charge in [-0.2, -0.15) is 0 Å². The van der Waals surface area contributed by atoms with Crippen molar-refractivity contribution < 1.29 is 4.74 Å². The molecule has 0 aliphatic heterocycles. The van der Waals surface area contributed by atoms with Gasteiger partial charge in [0, 0.05) is 43.2 Å². The molecular weight excluding hydrogens is 406 g/mol. The second-order valence-corrected chi connectivity index (χ2v) is 7.10. The summed E-state index contributed by atoms with van der Waals surface area (Å²) >= 11 is 0. The fourth-order valence-corrected chi connectivity index (χ4v) is 3.19. The zero-order chi connectivity index (χ0) is 22.3. The molecule has 0 radical (unpaired) electrons. The molecule has 0 spiro atoms. The molecule has 0 fully saturated rings. The van der Waals surface area contributed by atoms with E-state index in [2.05, 4.69) is 30.6 Å². The second kappa shape index (κ2) is 9.86. The maximum absolute atomic E-state index is 6.30. The molecule has 6 N–H and O–H groups in total. The van der Waals surface area contributed by atoms with Crippen molar-refractivity contribution in [3.63, 3.8) is 0 Å². The number of benzene rings is 1. The summed E-state index contributed by atoms with van der Waals surface area (Å²) < 4.78 is 5.06. The number of nitrogen functional groups attached to an aromatic ring is 1. The molecular formula is C22H25N9O. The number of hydrazine groups is 1. The topological polar surface area (TPSA) is 140 Å². The van der Waals surface area contributed by atoms with E-state index in [9.17, 15) is 0 Å². The van der Waals surface area contributed by atoms with E-state index in [1.165, 1.54) is 5.01 Å². The summed E-state index contributed by atoms with van der Waals surface area (Å²) in [6.07, 6.45) is 5.01. The van der Waals surface area contributed by atoms with Gasteiger partial charge in [0.15, 0.2) is 17.5 Å². The molecule has 164 valence electrons. The molecule has 1 aromatic carbocycles. The number of hydrogen-bond acceptors (Lipinski definition) is 10. The van der Waals surface area contributed by atoms with Gasteiger partial charge in [-0.05, 0) is 29.8 Å². The quantitative estimate of drug-likeness (QED) is 0.178. The van der Waals surface area contributed by atoms with Crippen molar-refractivity contribution in [2.24, 2.45) is 5.84 Å². The Balaban J connectivity index is 1.48. The summed E-state index contributed by atoms with van der Waals surface area (Å²) in [7, 11) is 1.66. The first-order chi connectivity index (χ1) is 15.6. The largest absolute Gasteiger partial charge is 0.383 e. The molecule has 0 aliphatic rings. The third kappa shape index (κ3) is 5.17. The average molecular weight is 432 g/mol. The number of nitrogens with zero attached hydrogens (tertiary/aromatic N) is 5. The zero-order valence-electron chi connectivity index (χ0n) is 17.7. The first-order valence-corrected chi connectivity index (χ1v) is 10.1. The van der Waals surface area contributed by atoms with E-state index < -0.39 is 0 Å². The lowest BCUT2D eigenvalue weighted by molar-refractivity contribution is 0.211. The van der Waals surface area contributed by atoms with E-state index in [0.717, 1.165) is 22.2 Å². The van der Waals surface area contributed by atoms with Gasteiger partial charge in [-0.3, -0.25) is 9.99 Å². The summed E-state index contributed by atoms with van der Waals surface area (Å²) in [4.78, 5) is 17.4. The maximum atomic E-state index is 6.30. The number of anilines is 5. The van der Waals surface area contributed by atoms with E-state index in [4.69, 9.17) is 16.3 Å². The van der Waals surface area contributed by atoms with Crippen molar-refractivity contribution in [2.45, 2.75) is 6.54 Å². The van der Waals surface area contributed by atoms with Crippen LogP contribution < -0.4 is 27.2 Å². The predicted molar refractivity (Wildman–Crippen MR) is 126 cm³/mol. The van der Waals surface area contributed by atoms with Gasteiger partial charge in [-0.25, -0.2) is 20.8 Å². The van der Waals surface area contributed by atoms with Gasteiger partial charge < -0.3 is 21.1 Å². The molecule has 0 amide bonds. The van der Waals surface area contributed by atoms with Gasteiger partial charge in [0.2, 0.25) is 0 Å². The molecule has 32 heavy (non-hydrogen) atoms. The van der Waals surface area contributed by atoms with Crippen molar-refractivity contribution in [3.8, 4) is 0 Å². The Kier molecular flexibility index (Phi) is 6.54. The third-order valence-electron chi connectivity index (χ3n) is 4.73. The summed E-state index contributed by atoms with van der Waals surface area (Å²) in [6.45, 7) is 1.71. The minimum Gasteiger partial charge on any atom is -0.383 e. The van der Waals surface area contributed by atoms with Crippen molar-refractivity contribution >= 4 is 39.9 Å². The first-order valence-electron chi connectivity index (χ1n) is 10.1. The van der Waals surface area contributed by atoms with Crippen molar-refractivity contribution in [1.82, 2.24) is 19.9 Å². The smallest absolute Gasteiger partial charge is 0.188 e. The minimum absolute atomic E-state index is 0.239. The average Bonchev–Trinajstić information content (AvgIpc) is 2.81. The normalized spacial score (nSPS) is 10.8. The van der Waals surface area contributed by atoms with Crippen molar-refractivity contribution in [1.29, 1.82) is 0 Å². The highest BCUT2D eigenvalue weighted by molar-refractivity contribution is 5.79. The molecule has 0 aliphatic carbocycles. The highest BCUT2D eigenvalue weighted by Crippen LogP contribution is 2.23. The van der Waals surface area contributed by atoms with Gasteiger partial charge in [0.05, 0.1) is 24.9 Å². The molecule has 0 atom stereocenters. The monoisotopic (exact) mass is 431 g/mol. The predicted octanol–water partition coefficient (Wildman–Crippen LogP) is 2.68. The van der Waals surface area contributed by atoms with Crippen LogP contribution in [0.2, 0.25) is 0 Å². The number of rotatable bonds is 9. The molecule has 4 aromatic rings. The zero-order valence-corrected chi connectivity index (χ0v) is 17.7. The lowest BCUT2D eigenvalue weighted by atomic mass is 10.1. The fourth-order valence-electron chi connectivity index (χ4n) is 3.19. The molecule has 0 saturated carbocycles. The van der Waals surface area contributed by atoms with Crippen LogP contribution in [0.5, 0.6) is 0 Å². The number of aromatic nitrogens is 4. The Morgan fingerprint density at radius 2 is 1.94 bits per heavy atom. The van der Waals surface area contributed by atoms with E-state index in [1.807, 2.05) is 42.5 Å². The lowest BCUT2D eigenvalue weighted by Gasteiger charge is -2.20. The maximum Gasteiger partial charge on any atom is 0.188 e. The summed E-state index contributed by atoms with van der Waals surface area (Å²) in [5, 5.41) is 8.91. The van der Waals surface area contributed by atoms with Crippen LogP contribution in [0, 0.1) is 0 Å². The third-order valence-corrected chi connectivity index (χ3v) is 4.73. The summed E-state index contributed by atoms with van der Waals surface area (Å²) in [5.74, 6) is 8.00. The Hall–Kier alpha value is -4.02. The summed E-state index contributed by atoms with van der Waals surface area (Å²) in [6, 6.07) is 13.6. The van der Waals surface area contributed by atoms with Crippen molar-refractivity contribution in [3.05, 3.63) is 66.6 Å². The summed E-state index contributed by atoms with van der Waals surface area (Å²) in [5.41, 5.74) is 8.89. The number of hydrogen-bond donors (Lipinski definition) is 4. The van der Waals surface area contributed by atoms with Gasteiger partial charge in [-0.1, -0.05) is 12.1 Å². The van der Waals surface area contributed by atoms with Gasteiger partial charge in [0.1, 0.15) is 5.82 Å². The van der Waals surface area contributed by atoms with Crippen LogP contribution in [-0.2, 0) is 11.3 Å². The SMILES string of the molecule is COCCNc1ccnc(Nc2cnc(N)c(N(N)Cc3ccc4ncccc4c3)n2)c1. The van der Waals surface area contributed by atoms with E-state index in [-0.39, 0.29) is 5.82 Å². The van der Waals surface area contributed by atoms with Crippen LogP contribution in [0.15, 0.2) is 61.1 Å². The van der Waals surface area contributed by atoms with Crippen LogP contribution in [0.4, 0.5) is 29.0 Å². The lowest BCUT2D eigenvalue weighted by Crippen LogP contribution is -2.32. The standard InChI is InChI=1S/C22H25N9O/c1-32-10-9-25-17-6-8-27-19(12-17)29-20-13-28-21(23)22(30-20)31(24)14-15-4-5-18-16(11-15)3-2-7-26-18/h2-8,11-13H,9-10,14,24H2,1H3,(H2,23,28)(H2,25,27,29,30). The minimum atomic E-state index is 0.239. The van der Waals surface area contributed by atoms with Crippen LogP contribution in [0.25, 0.3) is 10.9 Å². The molecule has 0 unspecified atom stereocenters. The number of methoxy groups -OCH3 is 1.